The minimum atomic E-state index is -1.12. The molecule has 0 radical (unpaired) electrons. The zero-order chi connectivity index (χ0) is 29.0. The van der Waals surface area contributed by atoms with Crippen LogP contribution in [0.1, 0.15) is 60.7 Å². The number of carboxylic acid groups (broad SMARTS) is 1. The zero-order valence-electron chi connectivity index (χ0n) is 23.3. The van der Waals surface area contributed by atoms with E-state index in [1.807, 2.05) is 74.5 Å². The summed E-state index contributed by atoms with van der Waals surface area (Å²) in [4.78, 5) is 25.1. The largest absolute Gasteiger partial charge is 0.481 e. The summed E-state index contributed by atoms with van der Waals surface area (Å²) in [5.74, 6) is -0.747. The summed E-state index contributed by atoms with van der Waals surface area (Å²) in [5, 5.41) is 21.6. The van der Waals surface area contributed by atoms with E-state index in [-0.39, 0.29) is 11.8 Å². The Labute approximate surface area is 242 Å². The van der Waals surface area contributed by atoms with E-state index in [0.29, 0.717) is 22.9 Å². The highest BCUT2D eigenvalue weighted by Crippen LogP contribution is 2.68. The lowest BCUT2D eigenvalue weighted by atomic mass is 9.81. The Bertz CT molecular complexity index is 1820. The highest BCUT2D eigenvalue weighted by atomic mass is 16.5. The molecule has 2 aromatic heterocycles. The molecule has 5 aromatic rings. The Balaban J connectivity index is 1.33. The van der Waals surface area contributed by atoms with Gasteiger partial charge in [0.15, 0.2) is 17.3 Å². The number of anilines is 1. The summed E-state index contributed by atoms with van der Waals surface area (Å²) in [6.45, 7) is 3.85. The molecule has 2 aliphatic carbocycles. The number of aromatic nitrogens is 2. The Morgan fingerprint density at radius 3 is 2.33 bits per heavy atom. The minimum absolute atomic E-state index is 0.268. The van der Waals surface area contributed by atoms with Crippen molar-refractivity contribution in [1.29, 1.82) is 0 Å². The maximum absolute atomic E-state index is 13.5. The number of ketones is 1. The number of aliphatic carboxylic acids is 1. The zero-order valence-corrected chi connectivity index (χ0v) is 23.3. The molecule has 8 nitrogen and oxygen atoms in total. The summed E-state index contributed by atoms with van der Waals surface area (Å²) in [7, 11) is 0. The van der Waals surface area contributed by atoms with Crippen LogP contribution in [0.3, 0.4) is 0 Å². The van der Waals surface area contributed by atoms with Crippen molar-refractivity contribution in [1.82, 2.24) is 10.3 Å². The Morgan fingerprint density at radius 1 is 0.976 bits per heavy atom. The number of rotatable bonds is 9. The molecule has 1 saturated carbocycles. The van der Waals surface area contributed by atoms with Crippen LogP contribution in [-0.4, -0.2) is 27.2 Å². The lowest BCUT2D eigenvalue weighted by molar-refractivity contribution is -0.140. The van der Waals surface area contributed by atoms with Gasteiger partial charge in [-0.1, -0.05) is 83.1 Å². The summed E-state index contributed by atoms with van der Waals surface area (Å²) in [6.07, 6.45) is 1.09. The first kappa shape index (κ1) is 26.0. The lowest BCUT2D eigenvalue weighted by Crippen LogP contribution is -2.24. The molecule has 2 atom stereocenters. The predicted octanol–water partition coefficient (Wildman–Crippen LogP) is 7.32. The highest BCUT2D eigenvalue weighted by molar-refractivity contribution is 6.04. The molecular weight excluding hydrogens is 530 g/mol. The van der Waals surface area contributed by atoms with Gasteiger partial charge in [-0.15, -0.1) is 0 Å². The van der Waals surface area contributed by atoms with Crippen LogP contribution in [0.4, 0.5) is 5.69 Å². The second kappa shape index (κ2) is 9.83. The molecule has 2 bridgehead atoms. The Kier molecular flexibility index (Phi) is 6.08. The summed E-state index contributed by atoms with van der Waals surface area (Å²) in [5.41, 5.74) is 7.35. The molecule has 2 N–H and O–H groups in total. The van der Waals surface area contributed by atoms with E-state index in [4.69, 9.17) is 9.05 Å². The molecule has 210 valence electrons. The van der Waals surface area contributed by atoms with E-state index in [1.54, 1.807) is 0 Å². The van der Waals surface area contributed by atoms with Gasteiger partial charge in [0.25, 0.3) is 0 Å². The monoisotopic (exact) mass is 559 g/mol. The van der Waals surface area contributed by atoms with Crippen LogP contribution in [0.25, 0.3) is 33.7 Å². The fourth-order valence-electron chi connectivity index (χ4n) is 6.56. The third-order valence-corrected chi connectivity index (χ3v) is 8.60. The van der Waals surface area contributed by atoms with E-state index >= 15 is 0 Å². The quantitative estimate of drug-likeness (QED) is 0.180. The standard InChI is InChI=1S/C34H29N3O5/c1-19(27-17-25(37-41-27)22-11-7-4-8-12-22)35-32-20(2)36-42-33(32)29-24-14-13-23(21-9-5-3-6-10-21)31(29)34(15-16-34)30(24)26(38)18-28(39)40/h3-14,17,19,30,35H,15-16,18H2,1-2H3,(H,39,40). The van der Waals surface area contributed by atoms with Crippen molar-refractivity contribution < 1.29 is 23.7 Å². The normalized spacial score (nSPS) is 16.9. The first-order chi connectivity index (χ1) is 20.4. The van der Waals surface area contributed by atoms with Gasteiger partial charge in [-0.3, -0.25) is 9.59 Å². The van der Waals surface area contributed by atoms with Crippen LogP contribution in [0.2, 0.25) is 0 Å². The predicted molar refractivity (Wildman–Crippen MR) is 157 cm³/mol. The fraction of sp³-hybridized carbons (Fsp3) is 0.235. The van der Waals surface area contributed by atoms with Gasteiger partial charge in [0.2, 0.25) is 0 Å². The van der Waals surface area contributed by atoms with Gasteiger partial charge >= 0.3 is 5.97 Å². The van der Waals surface area contributed by atoms with E-state index in [0.717, 1.165) is 51.9 Å². The smallest absolute Gasteiger partial charge is 0.310 e. The number of aryl methyl sites for hydroxylation is 1. The number of carboxylic acids is 1. The van der Waals surface area contributed by atoms with Gasteiger partial charge < -0.3 is 19.5 Å². The average molecular weight is 560 g/mol. The van der Waals surface area contributed by atoms with Crippen molar-refractivity contribution in [2.24, 2.45) is 0 Å². The number of hydrogen-bond donors (Lipinski definition) is 2. The number of carbonyl (C=O) groups is 2. The molecule has 7 rings (SSSR count). The molecule has 42 heavy (non-hydrogen) atoms. The van der Waals surface area contributed by atoms with Crippen LogP contribution >= 0.6 is 0 Å². The number of nitrogens with one attached hydrogen (secondary N) is 1. The first-order valence-electron chi connectivity index (χ1n) is 14.1. The molecule has 2 heterocycles. The molecule has 1 spiro atoms. The second-order valence-electron chi connectivity index (χ2n) is 11.3. The van der Waals surface area contributed by atoms with Crippen molar-refractivity contribution in [3.05, 3.63) is 101 Å². The number of nitrogens with zero attached hydrogens (tertiary/aromatic N) is 2. The van der Waals surface area contributed by atoms with Crippen LogP contribution < -0.4 is 5.32 Å². The Hall–Kier alpha value is -4.98. The minimum Gasteiger partial charge on any atom is -0.481 e. The molecule has 2 aliphatic rings. The van der Waals surface area contributed by atoms with Crippen molar-refractivity contribution in [2.75, 3.05) is 5.32 Å². The van der Waals surface area contributed by atoms with Crippen molar-refractivity contribution in [3.8, 4) is 33.7 Å². The van der Waals surface area contributed by atoms with Gasteiger partial charge in [0.05, 0.1) is 12.0 Å². The van der Waals surface area contributed by atoms with Crippen LogP contribution in [-0.2, 0) is 15.0 Å². The SMILES string of the molecule is Cc1noc(-c2c3ccc(-c4ccccc4)c2C2(CC2)C3C(=O)CC(=O)O)c1NC(C)c1cc(-c2ccccc2)no1. The molecule has 3 aromatic carbocycles. The third-order valence-electron chi connectivity index (χ3n) is 8.60. The maximum atomic E-state index is 13.5. The molecule has 0 amide bonds. The molecular formula is C34H29N3O5. The van der Waals surface area contributed by atoms with Gasteiger partial charge in [-0.2, -0.15) is 0 Å². The summed E-state index contributed by atoms with van der Waals surface area (Å²) in [6, 6.07) is 25.6. The first-order valence-corrected chi connectivity index (χ1v) is 14.1. The number of benzene rings is 3. The molecule has 1 fully saturated rings. The third kappa shape index (κ3) is 4.13. The number of fused-ring (bicyclic) bond motifs is 3. The Morgan fingerprint density at radius 2 is 1.67 bits per heavy atom. The van der Waals surface area contributed by atoms with Gasteiger partial charge in [0.1, 0.15) is 23.5 Å². The molecule has 8 heteroatoms. The number of Topliss-reactive ketones (excluding diaryl/α,β-unsaturated/α-hetero) is 1. The van der Waals surface area contributed by atoms with Crippen LogP contribution in [0.15, 0.2) is 87.9 Å². The highest BCUT2D eigenvalue weighted by Gasteiger charge is 2.61. The lowest BCUT2D eigenvalue weighted by Gasteiger charge is -2.19. The van der Waals surface area contributed by atoms with E-state index < -0.39 is 23.7 Å². The average Bonchev–Trinajstić information content (AvgIpc) is 3.38. The van der Waals surface area contributed by atoms with E-state index in [9.17, 15) is 14.7 Å². The topological polar surface area (TPSA) is 118 Å². The van der Waals surface area contributed by atoms with Crippen LogP contribution in [0, 0.1) is 6.92 Å². The summed E-state index contributed by atoms with van der Waals surface area (Å²) >= 11 is 0. The van der Waals surface area contributed by atoms with Crippen LogP contribution in [0.5, 0.6) is 0 Å². The van der Waals surface area contributed by atoms with E-state index in [2.05, 4.69) is 33.8 Å². The fourth-order valence-corrected chi connectivity index (χ4v) is 6.56. The molecule has 0 aliphatic heterocycles. The number of hydrogen-bond acceptors (Lipinski definition) is 7. The van der Waals surface area contributed by atoms with Gasteiger partial charge in [-0.25, -0.2) is 0 Å². The second-order valence-corrected chi connectivity index (χ2v) is 11.3. The number of carbonyl (C=O) groups excluding carboxylic acids is 1. The van der Waals surface area contributed by atoms with E-state index in [1.165, 1.54) is 0 Å². The summed E-state index contributed by atoms with van der Waals surface area (Å²) < 4.78 is 11.7. The van der Waals surface area contributed by atoms with Crippen molar-refractivity contribution >= 4 is 17.4 Å². The maximum Gasteiger partial charge on any atom is 0.310 e. The molecule has 0 saturated heterocycles. The van der Waals surface area contributed by atoms with Crippen molar-refractivity contribution in [3.63, 3.8) is 0 Å². The molecule has 2 unspecified atom stereocenters. The van der Waals surface area contributed by atoms with Gasteiger partial charge in [-0.05, 0) is 48.9 Å². The van der Waals surface area contributed by atoms with Gasteiger partial charge in [0, 0.05) is 22.6 Å². The van der Waals surface area contributed by atoms with Crippen molar-refractivity contribution in [2.45, 2.75) is 50.5 Å².